The normalized spacial score (nSPS) is 22.0. The van der Waals surface area contributed by atoms with E-state index < -0.39 is 36.6 Å². The van der Waals surface area contributed by atoms with Crippen LogP contribution in [0.15, 0.2) is 0 Å². The predicted molar refractivity (Wildman–Crippen MR) is 221 cm³/mol. The molecule has 0 aliphatic heterocycles. The molecule has 1 aliphatic carbocycles. The van der Waals surface area contributed by atoms with Gasteiger partial charge < -0.3 is 29.2 Å². The van der Waals surface area contributed by atoms with Crippen LogP contribution in [-0.2, 0) is 18.9 Å². The second-order valence-electron chi connectivity index (χ2n) is 16.2. The van der Waals surface area contributed by atoms with E-state index in [0.29, 0.717) is 26.4 Å². The van der Waals surface area contributed by atoms with Crippen LogP contribution < -0.4 is 0 Å². The van der Waals surface area contributed by atoms with E-state index in [9.17, 15) is 10.2 Å². The summed E-state index contributed by atoms with van der Waals surface area (Å²) in [7, 11) is 0. The van der Waals surface area contributed by atoms with Crippen LogP contribution in [0, 0.1) is 0 Å². The Morgan fingerprint density at radius 2 is 0.423 bits per heavy atom. The summed E-state index contributed by atoms with van der Waals surface area (Å²) >= 11 is 0. The van der Waals surface area contributed by atoms with E-state index >= 15 is 0 Å². The minimum atomic E-state index is -1.07. The highest BCUT2D eigenvalue weighted by Gasteiger charge is 2.52. The maximum absolute atomic E-state index is 11.5. The summed E-state index contributed by atoms with van der Waals surface area (Å²) in [6, 6.07) is 0. The van der Waals surface area contributed by atoms with E-state index in [1.165, 1.54) is 154 Å². The van der Waals surface area contributed by atoms with E-state index in [1.54, 1.807) is 0 Å². The summed E-state index contributed by atoms with van der Waals surface area (Å²) in [4.78, 5) is 0. The van der Waals surface area contributed by atoms with Crippen LogP contribution in [0.3, 0.4) is 0 Å². The number of unbranched alkanes of at least 4 members (excludes halogenated alkanes) is 28. The first-order chi connectivity index (χ1) is 25.6. The third kappa shape index (κ3) is 25.8. The molecule has 0 aromatic rings. The van der Waals surface area contributed by atoms with Crippen molar-refractivity contribution in [3.05, 3.63) is 0 Å². The molecule has 52 heavy (non-hydrogen) atoms. The molecule has 312 valence electrons. The number of aliphatic hydroxyl groups excluding tert-OH is 2. The first-order valence-corrected chi connectivity index (χ1v) is 23.4. The van der Waals surface area contributed by atoms with E-state index in [4.69, 9.17) is 18.9 Å². The van der Waals surface area contributed by atoms with Gasteiger partial charge >= 0.3 is 0 Å². The fourth-order valence-electron chi connectivity index (χ4n) is 7.74. The fraction of sp³-hybridized carbons (Fsp3) is 1.00. The Labute approximate surface area is 324 Å². The van der Waals surface area contributed by atoms with Crippen LogP contribution in [0.2, 0.25) is 0 Å². The molecule has 0 spiro atoms. The predicted octanol–water partition coefficient (Wildman–Crippen LogP) is 12.8. The maximum atomic E-state index is 11.5. The molecule has 1 aliphatic rings. The zero-order valence-electron chi connectivity index (χ0n) is 35.4. The lowest BCUT2D eigenvalue weighted by Gasteiger charge is -2.47. The van der Waals surface area contributed by atoms with Crippen molar-refractivity contribution in [3.63, 3.8) is 0 Å². The molecular formula is C46H92O6. The molecule has 1 fully saturated rings. The Kier molecular flexibility index (Phi) is 36.1. The van der Waals surface area contributed by atoms with Crippen molar-refractivity contribution in [1.82, 2.24) is 0 Å². The minimum absolute atomic E-state index is 0.463. The summed E-state index contributed by atoms with van der Waals surface area (Å²) < 4.78 is 26.2. The highest BCUT2D eigenvalue weighted by molar-refractivity contribution is 5.02. The fourth-order valence-corrected chi connectivity index (χ4v) is 7.74. The van der Waals surface area contributed by atoms with Crippen LogP contribution in [0.4, 0.5) is 0 Å². The second kappa shape index (κ2) is 37.7. The average Bonchev–Trinajstić information content (AvgIpc) is 3.15. The van der Waals surface area contributed by atoms with Crippen molar-refractivity contribution < 1.29 is 29.2 Å². The molecule has 0 unspecified atom stereocenters. The van der Waals surface area contributed by atoms with Crippen molar-refractivity contribution in [2.45, 2.75) is 270 Å². The molecule has 1 saturated carbocycles. The molecule has 2 N–H and O–H groups in total. The van der Waals surface area contributed by atoms with Crippen molar-refractivity contribution in [1.29, 1.82) is 0 Å². The number of aliphatic hydroxyl groups is 2. The highest BCUT2D eigenvalue weighted by atomic mass is 16.6. The van der Waals surface area contributed by atoms with E-state index in [2.05, 4.69) is 27.7 Å². The van der Waals surface area contributed by atoms with Crippen LogP contribution in [0.1, 0.15) is 233 Å². The number of ether oxygens (including phenoxy) is 4. The highest BCUT2D eigenvalue weighted by Crippen LogP contribution is 2.31. The summed E-state index contributed by atoms with van der Waals surface area (Å²) in [6.07, 6.45) is 35.3. The molecule has 6 atom stereocenters. The SMILES string of the molecule is CCCCCCCCCCO[C@@H]1[C@@H](OCCCCCCCCCC)[C@H](OCCCCCCCCCC)[C@@H](O)[C@@H](O)[C@H]1OCCCCCCCCCC. The topological polar surface area (TPSA) is 77.4 Å². The van der Waals surface area contributed by atoms with Gasteiger partial charge in [-0.1, -0.05) is 207 Å². The van der Waals surface area contributed by atoms with Gasteiger partial charge in [-0.25, -0.2) is 0 Å². The Balaban J connectivity index is 2.86. The van der Waals surface area contributed by atoms with Gasteiger partial charge in [-0.05, 0) is 25.7 Å². The van der Waals surface area contributed by atoms with E-state index in [-0.39, 0.29) is 0 Å². The van der Waals surface area contributed by atoms with Gasteiger partial charge in [0.25, 0.3) is 0 Å². The van der Waals surface area contributed by atoms with Crippen molar-refractivity contribution in [3.8, 4) is 0 Å². The quantitative estimate of drug-likeness (QED) is 0.0609. The monoisotopic (exact) mass is 741 g/mol. The zero-order chi connectivity index (χ0) is 37.7. The van der Waals surface area contributed by atoms with Gasteiger partial charge in [-0.15, -0.1) is 0 Å². The summed E-state index contributed by atoms with van der Waals surface area (Å²) in [6.45, 7) is 11.4. The van der Waals surface area contributed by atoms with Crippen LogP contribution in [0.25, 0.3) is 0 Å². The van der Waals surface area contributed by atoms with Crippen LogP contribution >= 0.6 is 0 Å². The van der Waals surface area contributed by atoms with Crippen molar-refractivity contribution in [2.75, 3.05) is 26.4 Å². The Morgan fingerprint density at radius 1 is 0.250 bits per heavy atom. The second-order valence-corrected chi connectivity index (χ2v) is 16.2. The molecule has 0 heterocycles. The Bertz CT molecular complexity index is 648. The molecule has 0 saturated heterocycles. The molecule has 0 bridgehead atoms. The van der Waals surface area contributed by atoms with Gasteiger partial charge in [0.15, 0.2) is 0 Å². The van der Waals surface area contributed by atoms with Gasteiger partial charge in [-0.3, -0.25) is 0 Å². The van der Waals surface area contributed by atoms with Crippen molar-refractivity contribution >= 4 is 0 Å². The summed E-state index contributed by atoms with van der Waals surface area (Å²) in [5.41, 5.74) is 0. The first-order valence-electron chi connectivity index (χ1n) is 23.4. The third-order valence-corrected chi connectivity index (χ3v) is 11.2. The van der Waals surface area contributed by atoms with Crippen molar-refractivity contribution in [2.24, 2.45) is 0 Å². The summed E-state index contributed by atoms with van der Waals surface area (Å²) in [5.74, 6) is 0. The molecule has 6 nitrogen and oxygen atoms in total. The molecule has 0 radical (unpaired) electrons. The standard InChI is InChI=1S/C46H92O6/c1-5-9-13-17-21-25-29-33-37-49-43-41(47)42(48)44(50-38-34-30-26-22-18-14-10-6-2)46(52-40-36-32-28-24-20-16-12-8-4)45(43)51-39-35-31-27-23-19-15-11-7-3/h41-48H,5-40H2,1-4H3/t41-,42+,43-,44-,45+,46+/m1/s1. The smallest absolute Gasteiger partial charge is 0.115 e. The van der Waals surface area contributed by atoms with E-state index in [1.807, 2.05) is 0 Å². The number of hydrogen-bond acceptors (Lipinski definition) is 6. The maximum Gasteiger partial charge on any atom is 0.115 e. The number of rotatable bonds is 40. The lowest BCUT2D eigenvalue weighted by Crippen LogP contribution is -2.66. The minimum Gasteiger partial charge on any atom is -0.387 e. The molecule has 0 aromatic carbocycles. The lowest BCUT2D eigenvalue weighted by atomic mass is 9.84. The summed E-state index contributed by atoms with van der Waals surface area (Å²) in [5, 5.41) is 23.1. The molecule has 1 rings (SSSR count). The van der Waals surface area contributed by atoms with Crippen LogP contribution in [0.5, 0.6) is 0 Å². The van der Waals surface area contributed by atoms with Crippen LogP contribution in [-0.4, -0.2) is 73.3 Å². The van der Waals surface area contributed by atoms with Gasteiger partial charge in [0.2, 0.25) is 0 Å². The number of hydrogen-bond donors (Lipinski definition) is 2. The first kappa shape index (κ1) is 49.8. The largest absolute Gasteiger partial charge is 0.387 e. The molecule has 6 heteroatoms. The van der Waals surface area contributed by atoms with Gasteiger partial charge in [0, 0.05) is 26.4 Å². The van der Waals surface area contributed by atoms with Gasteiger partial charge in [0.1, 0.15) is 36.6 Å². The molecule has 0 amide bonds. The lowest BCUT2D eigenvalue weighted by molar-refractivity contribution is -0.266. The average molecular weight is 741 g/mol. The third-order valence-electron chi connectivity index (χ3n) is 11.2. The van der Waals surface area contributed by atoms with Gasteiger partial charge in [-0.2, -0.15) is 0 Å². The Morgan fingerprint density at radius 3 is 0.635 bits per heavy atom. The zero-order valence-corrected chi connectivity index (χ0v) is 35.4. The molecule has 0 aromatic heterocycles. The van der Waals surface area contributed by atoms with E-state index in [0.717, 1.165) is 51.4 Å². The van der Waals surface area contributed by atoms with Gasteiger partial charge in [0.05, 0.1) is 0 Å². The molecular weight excluding hydrogens is 649 g/mol. The Hall–Kier alpha value is -0.240.